The number of nitrogen functional groups attached to an aromatic ring is 1. The zero-order valence-corrected chi connectivity index (χ0v) is 13.4. The summed E-state index contributed by atoms with van der Waals surface area (Å²) in [5.74, 6) is -0.314. The Morgan fingerprint density at radius 1 is 1.29 bits per heavy atom. The van der Waals surface area contributed by atoms with Gasteiger partial charge in [-0.2, -0.15) is 0 Å². The lowest BCUT2D eigenvalue weighted by Gasteiger charge is -2.25. The number of aliphatic hydroxyl groups is 1. The van der Waals surface area contributed by atoms with Crippen molar-refractivity contribution >= 4 is 17.0 Å². The maximum Gasteiger partial charge on any atom is 0.167 e. The van der Waals surface area contributed by atoms with Gasteiger partial charge in [0.2, 0.25) is 0 Å². The fourth-order valence-electron chi connectivity index (χ4n) is 4.04. The van der Waals surface area contributed by atoms with Crippen LogP contribution in [-0.2, 0) is 14.2 Å². The molecule has 1 aliphatic carbocycles. The van der Waals surface area contributed by atoms with Crippen molar-refractivity contribution < 1.29 is 19.3 Å². The van der Waals surface area contributed by atoms with Gasteiger partial charge in [-0.05, 0) is 20.3 Å². The largest absolute Gasteiger partial charge is 0.396 e. The molecule has 2 saturated heterocycles. The van der Waals surface area contributed by atoms with Gasteiger partial charge in [-0.1, -0.05) is 0 Å². The molecule has 0 radical (unpaired) electrons. The SMILES string of the molecule is CC1(C)OC2[C@H](O1)[C@H](n1cnc3c(N)ncnc31)O[C@@]21CC1CO. The average Bonchev–Trinajstić information content (AvgIpc) is 2.78. The smallest absolute Gasteiger partial charge is 0.167 e. The number of hydrogen-bond acceptors (Lipinski definition) is 8. The molecule has 5 rings (SSSR count). The first-order valence-corrected chi connectivity index (χ1v) is 8.02. The predicted octanol–water partition coefficient (Wildman–Crippen LogP) is 0.208. The van der Waals surface area contributed by atoms with Gasteiger partial charge in [-0.15, -0.1) is 0 Å². The summed E-state index contributed by atoms with van der Waals surface area (Å²) in [7, 11) is 0. The summed E-state index contributed by atoms with van der Waals surface area (Å²) < 4.78 is 20.3. The molecular weight excluding hydrogens is 314 g/mol. The van der Waals surface area contributed by atoms with E-state index in [1.54, 1.807) is 6.33 Å². The monoisotopic (exact) mass is 333 g/mol. The van der Waals surface area contributed by atoms with E-state index in [2.05, 4.69) is 15.0 Å². The van der Waals surface area contributed by atoms with Crippen LogP contribution in [0.4, 0.5) is 5.82 Å². The fourth-order valence-corrected chi connectivity index (χ4v) is 4.04. The van der Waals surface area contributed by atoms with Crippen LogP contribution < -0.4 is 5.73 Å². The second-order valence-electron chi connectivity index (χ2n) is 7.15. The standard InChI is InChI=1S/C15H19N5O4/c1-14(2)22-9-10(23-14)15(3-7(15)4-21)24-13(9)20-6-19-8-11(16)17-5-18-12(8)20/h5-7,9-10,13,21H,3-4H2,1-2H3,(H2,16,17,18)/t7?,9-,10?,13+,15+/m0/s1. The number of ether oxygens (including phenoxy) is 3. The molecule has 2 aliphatic heterocycles. The third-order valence-corrected chi connectivity index (χ3v) is 5.21. The average molecular weight is 333 g/mol. The summed E-state index contributed by atoms with van der Waals surface area (Å²) in [6, 6.07) is 0. The van der Waals surface area contributed by atoms with Crippen molar-refractivity contribution in [3.05, 3.63) is 12.7 Å². The van der Waals surface area contributed by atoms with Crippen LogP contribution in [0.1, 0.15) is 26.5 Å². The van der Waals surface area contributed by atoms with Gasteiger partial charge in [0.05, 0.1) is 6.33 Å². The van der Waals surface area contributed by atoms with E-state index in [4.69, 9.17) is 19.9 Å². The minimum absolute atomic E-state index is 0.0574. The van der Waals surface area contributed by atoms with E-state index in [1.165, 1.54) is 6.33 Å². The number of fused-ring (bicyclic) bond motifs is 3. The first kappa shape index (κ1) is 14.5. The van der Waals surface area contributed by atoms with Crippen molar-refractivity contribution in [2.24, 2.45) is 5.92 Å². The quantitative estimate of drug-likeness (QED) is 0.801. The molecule has 9 heteroatoms. The van der Waals surface area contributed by atoms with Crippen molar-refractivity contribution in [3.8, 4) is 0 Å². The minimum atomic E-state index is -0.697. The second kappa shape index (κ2) is 4.42. The minimum Gasteiger partial charge on any atom is -0.396 e. The van der Waals surface area contributed by atoms with Gasteiger partial charge in [0, 0.05) is 12.5 Å². The highest BCUT2D eigenvalue weighted by molar-refractivity contribution is 5.81. The Morgan fingerprint density at radius 3 is 2.88 bits per heavy atom. The third-order valence-electron chi connectivity index (χ3n) is 5.21. The molecule has 2 aromatic rings. The highest BCUT2D eigenvalue weighted by Gasteiger charge is 2.73. The van der Waals surface area contributed by atoms with E-state index < -0.39 is 17.6 Å². The first-order valence-electron chi connectivity index (χ1n) is 8.02. The van der Waals surface area contributed by atoms with E-state index in [-0.39, 0.29) is 24.7 Å². The molecule has 3 fully saturated rings. The number of rotatable bonds is 2. The van der Waals surface area contributed by atoms with Crippen LogP contribution in [0.2, 0.25) is 0 Å². The van der Waals surface area contributed by atoms with Crippen LogP contribution in [0.15, 0.2) is 12.7 Å². The van der Waals surface area contributed by atoms with Crippen molar-refractivity contribution in [3.63, 3.8) is 0 Å². The lowest BCUT2D eigenvalue weighted by atomic mass is 10.1. The van der Waals surface area contributed by atoms with E-state index in [0.717, 1.165) is 6.42 Å². The van der Waals surface area contributed by atoms with E-state index in [1.807, 2.05) is 18.4 Å². The molecule has 0 bridgehead atoms. The number of aromatic nitrogens is 4. The molecule has 3 N–H and O–H groups in total. The Bertz CT molecular complexity index is 823. The second-order valence-corrected chi connectivity index (χ2v) is 7.15. The van der Waals surface area contributed by atoms with Gasteiger partial charge in [0.15, 0.2) is 23.5 Å². The summed E-state index contributed by atoms with van der Waals surface area (Å²) in [5.41, 5.74) is 6.49. The van der Waals surface area contributed by atoms with Gasteiger partial charge >= 0.3 is 0 Å². The molecule has 4 heterocycles. The van der Waals surface area contributed by atoms with E-state index in [9.17, 15) is 5.11 Å². The summed E-state index contributed by atoms with van der Waals surface area (Å²) in [5, 5.41) is 9.57. The first-order chi connectivity index (χ1) is 11.5. The van der Waals surface area contributed by atoms with Crippen LogP contribution in [0, 0.1) is 5.92 Å². The molecular formula is C15H19N5O4. The maximum absolute atomic E-state index is 9.57. The maximum atomic E-state index is 9.57. The molecule has 0 amide bonds. The Hall–Kier alpha value is -1.81. The topological polar surface area (TPSA) is 118 Å². The Morgan fingerprint density at radius 2 is 2.12 bits per heavy atom. The highest BCUT2D eigenvalue weighted by atomic mass is 16.8. The van der Waals surface area contributed by atoms with Gasteiger partial charge in [-0.25, -0.2) is 15.0 Å². The Kier molecular flexibility index (Phi) is 2.68. The number of nitrogens with zero attached hydrogens (tertiary/aromatic N) is 4. The van der Waals surface area contributed by atoms with Gasteiger partial charge in [0.1, 0.15) is 29.7 Å². The van der Waals surface area contributed by atoms with Crippen LogP contribution >= 0.6 is 0 Å². The van der Waals surface area contributed by atoms with Crippen LogP contribution in [0.3, 0.4) is 0 Å². The number of aliphatic hydroxyl groups excluding tert-OH is 1. The lowest BCUT2D eigenvalue weighted by Crippen LogP contribution is -2.33. The molecule has 1 saturated carbocycles. The molecule has 5 atom stereocenters. The van der Waals surface area contributed by atoms with Crippen molar-refractivity contribution in [2.75, 3.05) is 12.3 Å². The van der Waals surface area contributed by atoms with Crippen LogP contribution in [-0.4, -0.2) is 54.8 Å². The summed E-state index contributed by atoms with van der Waals surface area (Å²) >= 11 is 0. The third kappa shape index (κ3) is 1.75. The van der Waals surface area contributed by atoms with E-state index in [0.29, 0.717) is 17.0 Å². The molecule has 9 nitrogen and oxygen atoms in total. The molecule has 0 aromatic carbocycles. The molecule has 24 heavy (non-hydrogen) atoms. The van der Waals surface area contributed by atoms with Crippen LogP contribution in [0.25, 0.3) is 11.2 Å². The fraction of sp³-hybridized carbons (Fsp3) is 0.667. The van der Waals surface area contributed by atoms with Crippen molar-refractivity contribution in [1.82, 2.24) is 19.5 Å². The number of hydrogen-bond donors (Lipinski definition) is 2. The zero-order valence-electron chi connectivity index (χ0n) is 13.4. The molecule has 128 valence electrons. The molecule has 1 spiro atoms. The normalized spacial score (nSPS) is 39.6. The van der Waals surface area contributed by atoms with Crippen molar-refractivity contribution in [2.45, 2.75) is 50.1 Å². The molecule has 3 aliphatic rings. The van der Waals surface area contributed by atoms with Crippen molar-refractivity contribution in [1.29, 1.82) is 0 Å². The Balaban J connectivity index is 1.59. The number of imidazole rings is 1. The zero-order chi connectivity index (χ0) is 16.7. The number of nitrogens with two attached hydrogens (primary N) is 1. The van der Waals surface area contributed by atoms with Crippen LogP contribution in [0.5, 0.6) is 0 Å². The highest BCUT2D eigenvalue weighted by Crippen LogP contribution is 2.62. The molecule has 2 unspecified atom stereocenters. The Labute approximate surface area is 137 Å². The molecule has 2 aromatic heterocycles. The predicted molar refractivity (Wildman–Crippen MR) is 81.6 cm³/mol. The van der Waals surface area contributed by atoms with Gasteiger partial charge in [0.25, 0.3) is 0 Å². The summed E-state index contributed by atoms with van der Waals surface area (Å²) in [4.78, 5) is 12.6. The van der Waals surface area contributed by atoms with Gasteiger partial charge in [-0.3, -0.25) is 4.57 Å². The summed E-state index contributed by atoms with van der Waals surface area (Å²) in [6.07, 6.45) is 2.83. The van der Waals surface area contributed by atoms with E-state index >= 15 is 0 Å². The lowest BCUT2D eigenvalue weighted by molar-refractivity contribution is -0.204. The number of anilines is 1. The van der Waals surface area contributed by atoms with Gasteiger partial charge < -0.3 is 25.1 Å². The summed E-state index contributed by atoms with van der Waals surface area (Å²) in [6.45, 7) is 3.84.